The van der Waals surface area contributed by atoms with Crippen LogP contribution < -0.4 is 4.90 Å². The van der Waals surface area contributed by atoms with Crippen molar-refractivity contribution in [3.8, 4) is 0 Å². The molecule has 0 amide bonds. The Kier molecular flexibility index (Phi) is 3.99. The number of aliphatic hydroxyl groups excluding tert-OH is 1. The van der Waals surface area contributed by atoms with Crippen LogP contribution in [0.4, 0.5) is 5.69 Å². The van der Waals surface area contributed by atoms with Crippen molar-refractivity contribution in [1.29, 1.82) is 0 Å². The van der Waals surface area contributed by atoms with Gasteiger partial charge in [-0.15, -0.1) is 0 Å². The van der Waals surface area contributed by atoms with Crippen molar-refractivity contribution in [3.05, 3.63) is 28.8 Å². The summed E-state index contributed by atoms with van der Waals surface area (Å²) in [5.74, 6) is 0.824. The van der Waals surface area contributed by atoms with Crippen molar-refractivity contribution in [2.75, 3.05) is 11.4 Å². The van der Waals surface area contributed by atoms with Crippen molar-refractivity contribution in [2.24, 2.45) is 5.92 Å². The summed E-state index contributed by atoms with van der Waals surface area (Å²) < 4.78 is 0. The molecule has 1 aliphatic carbocycles. The average molecular weight is 280 g/mol. The number of para-hydroxylation sites is 1. The SMILES string of the molecule is OCc1cccc(Cl)c1N1CCCC2CCCCC21. The van der Waals surface area contributed by atoms with Crippen molar-refractivity contribution in [1.82, 2.24) is 0 Å². The highest BCUT2D eigenvalue weighted by Crippen LogP contribution is 2.41. The fraction of sp³-hybridized carbons (Fsp3) is 0.625. The molecule has 3 rings (SSSR count). The Morgan fingerprint density at radius 2 is 1.95 bits per heavy atom. The van der Waals surface area contributed by atoms with Gasteiger partial charge in [0, 0.05) is 18.2 Å². The lowest BCUT2D eigenvalue weighted by atomic mass is 9.78. The van der Waals surface area contributed by atoms with Crippen LogP contribution in [-0.2, 0) is 6.61 Å². The second-order valence-electron chi connectivity index (χ2n) is 5.85. The standard InChI is InChI=1S/C16H22ClNO/c17-14-8-3-6-13(11-19)16(14)18-10-4-7-12-5-1-2-9-15(12)18/h3,6,8,12,15,19H,1-2,4-5,7,9-11H2. The molecule has 104 valence electrons. The Morgan fingerprint density at radius 1 is 1.16 bits per heavy atom. The van der Waals surface area contributed by atoms with Crippen LogP contribution in [-0.4, -0.2) is 17.7 Å². The lowest BCUT2D eigenvalue weighted by Gasteiger charge is -2.46. The molecule has 0 radical (unpaired) electrons. The highest BCUT2D eigenvalue weighted by molar-refractivity contribution is 6.33. The Labute approximate surface area is 120 Å². The molecule has 0 spiro atoms. The molecule has 1 saturated heterocycles. The third kappa shape index (κ3) is 2.48. The zero-order valence-corrected chi connectivity index (χ0v) is 12.1. The third-order valence-corrected chi connectivity index (χ3v) is 5.08. The predicted octanol–water partition coefficient (Wildman–Crippen LogP) is 3.99. The molecule has 2 nitrogen and oxygen atoms in total. The maximum absolute atomic E-state index is 9.58. The summed E-state index contributed by atoms with van der Waals surface area (Å²) >= 11 is 6.42. The molecular formula is C16H22ClNO. The van der Waals surface area contributed by atoms with E-state index in [1.807, 2.05) is 18.2 Å². The zero-order valence-electron chi connectivity index (χ0n) is 11.3. The molecule has 2 unspecified atom stereocenters. The molecule has 19 heavy (non-hydrogen) atoms. The van der Waals surface area contributed by atoms with Crippen molar-refractivity contribution in [2.45, 2.75) is 51.2 Å². The molecule has 3 heteroatoms. The van der Waals surface area contributed by atoms with Crippen LogP contribution in [0.1, 0.15) is 44.1 Å². The Balaban J connectivity index is 1.96. The maximum atomic E-state index is 9.58. The average Bonchev–Trinajstić information content (AvgIpc) is 2.46. The summed E-state index contributed by atoms with van der Waals surface area (Å²) in [5, 5.41) is 10.4. The topological polar surface area (TPSA) is 23.5 Å². The number of anilines is 1. The number of rotatable bonds is 2. The van der Waals surface area contributed by atoms with Crippen LogP contribution in [0.2, 0.25) is 5.02 Å². The highest BCUT2D eigenvalue weighted by atomic mass is 35.5. The van der Waals surface area contributed by atoms with Gasteiger partial charge in [0.15, 0.2) is 0 Å². The van der Waals surface area contributed by atoms with Crippen LogP contribution in [0.15, 0.2) is 18.2 Å². The van der Waals surface area contributed by atoms with E-state index in [0.717, 1.165) is 28.7 Å². The summed E-state index contributed by atoms with van der Waals surface area (Å²) in [6.07, 6.45) is 7.96. The first kappa shape index (κ1) is 13.3. The van der Waals surface area contributed by atoms with E-state index >= 15 is 0 Å². The van der Waals surface area contributed by atoms with Gasteiger partial charge >= 0.3 is 0 Å². The van der Waals surface area contributed by atoms with Gasteiger partial charge in [-0.3, -0.25) is 0 Å². The molecule has 1 aromatic carbocycles. The van der Waals surface area contributed by atoms with Crippen LogP contribution in [0.5, 0.6) is 0 Å². The van der Waals surface area contributed by atoms with Crippen molar-refractivity contribution >= 4 is 17.3 Å². The monoisotopic (exact) mass is 279 g/mol. The second kappa shape index (κ2) is 5.72. The van der Waals surface area contributed by atoms with Gasteiger partial charge in [0.05, 0.1) is 17.3 Å². The fourth-order valence-corrected chi connectivity index (χ4v) is 4.21. The van der Waals surface area contributed by atoms with E-state index in [9.17, 15) is 5.11 Å². The number of piperidine rings is 1. The van der Waals surface area contributed by atoms with Gasteiger partial charge in [-0.2, -0.15) is 0 Å². The minimum Gasteiger partial charge on any atom is -0.392 e. The van der Waals surface area contributed by atoms with Gasteiger partial charge in [-0.05, 0) is 37.7 Å². The highest BCUT2D eigenvalue weighted by Gasteiger charge is 2.34. The molecule has 1 aromatic rings. The largest absolute Gasteiger partial charge is 0.392 e. The number of aliphatic hydroxyl groups is 1. The van der Waals surface area contributed by atoms with Crippen LogP contribution in [0.25, 0.3) is 0 Å². The quantitative estimate of drug-likeness (QED) is 0.885. The van der Waals surface area contributed by atoms with Crippen molar-refractivity contribution in [3.63, 3.8) is 0 Å². The van der Waals surface area contributed by atoms with E-state index in [1.165, 1.54) is 38.5 Å². The number of hydrogen-bond donors (Lipinski definition) is 1. The predicted molar refractivity (Wildman–Crippen MR) is 79.7 cm³/mol. The summed E-state index contributed by atoms with van der Waals surface area (Å²) in [4.78, 5) is 2.49. The minimum absolute atomic E-state index is 0.0732. The summed E-state index contributed by atoms with van der Waals surface area (Å²) in [7, 11) is 0. The molecular weight excluding hydrogens is 258 g/mol. The molecule has 2 atom stereocenters. The van der Waals surface area contributed by atoms with Gasteiger partial charge in [0.2, 0.25) is 0 Å². The number of nitrogens with zero attached hydrogens (tertiary/aromatic N) is 1. The fourth-order valence-electron chi connectivity index (χ4n) is 3.91. The number of benzene rings is 1. The normalized spacial score (nSPS) is 27.2. The zero-order chi connectivity index (χ0) is 13.2. The summed E-state index contributed by atoms with van der Waals surface area (Å²) in [6, 6.07) is 6.50. The summed E-state index contributed by atoms with van der Waals surface area (Å²) in [6.45, 7) is 1.15. The first-order valence-electron chi connectivity index (χ1n) is 7.46. The van der Waals surface area contributed by atoms with E-state index in [4.69, 9.17) is 11.6 Å². The van der Waals surface area contributed by atoms with E-state index in [0.29, 0.717) is 6.04 Å². The van der Waals surface area contributed by atoms with Crippen LogP contribution >= 0.6 is 11.6 Å². The molecule has 1 saturated carbocycles. The molecule has 1 N–H and O–H groups in total. The Hall–Kier alpha value is -0.730. The van der Waals surface area contributed by atoms with Crippen molar-refractivity contribution < 1.29 is 5.11 Å². The Bertz CT molecular complexity index is 446. The Morgan fingerprint density at radius 3 is 2.79 bits per heavy atom. The number of fused-ring (bicyclic) bond motifs is 1. The molecule has 2 aliphatic rings. The van der Waals surface area contributed by atoms with Crippen LogP contribution in [0.3, 0.4) is 0 Å². The first-order chi connectivity index (χ1) is 9.31. The molecule has 2 fully saturated rings. The van der Waals surface area contributed by atoms with E-state index < -0.39 is 0 Å². The minimum atomic E-state index is 0.0732. The molecule has 0 bridgehead atoms. The van der Waals surface area contributed by atoms with Gasteiger partial charge < -0.3 is 10.0 Å². The van der Waals surface area contributed by atoms with Crippen LogP contribution in [0, 0.1) is 5.92 Å². The van der Waals surface area contributed by atoms with E-state index in [2.05, 4.69) is 4.90 Å². The lowest BCUT2D eigenvalue weighted by molar-refractivity contribution is 0.241. The van der Waals surface area contributed by atoms with Gasteiger partial charge in [-0.1, -0.05) is 36.6 Å². The maximum Gasteiger partial charge on any atom is 0.0702 e. The lowest BCUT2D eigenvalue weighted by Crippen LogP contribution is -2.47. The molecule has 1 aliphatic heterocycles. The van der Waals surface area contributed by atoms with Gasteiger partial charge in [0.1, 0.15) is 0 Å². The second-order valence-corrected chi connectivity index (χ2v) is 6.26. The van der Waals surface area contributed by atoms with E-state index in [-0.39, 0.29) is 6.61 Å². The summed E-state index contributed by atoms with van der Waals surface area (Å²) in [5.41, 5.74) is 2.06. The number of hydrogen-bond acceptors (Lipinski definition) is 2. The molecule has 1 heterocycles. The molecule has 0 aromatic heterocycles. The smallest absolute Gasteiger partial charge is 0.0702 e. The van der Waals surface area contributed by atoms with Gasteiger partial charge in [-0.25, -0.2) is 0 Å². The number of halogens is 1. The van der Waals surface area contributed by atoms with E-state index in [1.54, 1.807) is 0 Å². The van der Waals surface area contributed by atoms with Gasteiger partial charge in [0.25, 0.3) is 0 Å². The first-order valence-corrected chi connectivity index (χ1v) is 7.84. The third-order valence-electron chi connectivity index (χ3n) is 4.77.